The molecule has 0 aliphatic heterocycles. The molecule has 21 heavy (non-hydrogen) atoms. The molecule has 0 saturated carbocycles. The van der Waals surface area contributed by atoms with Crippen molar-refractivity contribution in [1.29, 1.82) is 0 Å². The lowest BCUT2D eigenvalue weighted by atomic mass is 10.2. The van der Waals surface area contributed by atoms with Gasteiger partial charge in [-0.1, -0.05) is 18.5 Å². The molecule has 0 bridgehead atoms. The number of nitrogens with zero attached hydrogens (tertiary/aromatic N) is 2. The number of fused-ring (bicyclic) bond motifs is 1. The number of hydrogen-bond acceptors (Lipinski definition) is 3. The van der Waals surface area contributed by atoms with Crippen molar-refractivity contribution in [3.63, 3.8) is 0 Å². The van der Waals surface area contributed by atoms with Crippen molar-refractivity contribution in [2.75, 3.05) is 0 Å². The van der Waals surface area contributed by atoms with Gasteiger partial charge in [-0.25, -0.2) is 0 Å². The van der Waals surface area contributed by atoms with Crippen LogP contribution in [0.15, 0.2) is 6.07 Å². The molecule has 0 aromatic carbocycles. The molecule has 2 heterocycles. The van der Waals surface area contributed by atoms with Gasteiger partial charge in [0.15, 0.2) is 0 Å². The predicted octanol–water partition coefficient (Wildman–Crippen LogP) is 3.96. The van der Waals surface area contributed by atoms with Gasteiger partial charge < -0.3 is 5.32 Å². The zero-order valence-electron chi connectivity index (χ0n) is 12.7. The first-order valence-electron chi connectivity index (χ1n) is 7.78. The number of hydrogen-bond donors (Lipinski definition) is 1. The molecule has 2 aromatic rings. The Bertz CT molecular complexity index is 608. The van der Waals surface area contributed by atoms with Crippen LogP contribution in [-0.2, 0) is 38.9 Å². The van der Waals surface area contributed by atoms with Gasteiger partial charge in [-0.2, -0.15) is 5.10 Å². The molecule has 0 atom stereocenters. The second-order valence-corrected chi connectivity index (χ2v) is 7.09. The maximum absolute atomic E-state index is 6.43. The third-order valence-electron chi connectivity index (χ3n) is 4.08. The van der Waals surface area contributed by atoms with E-state index in [0.29, 0.717) is 0 Å². The van der Waals surface area contributed by atoms with Crippen molar-refractivity contribution < 1.29 is 0 Å². The minimum Gasteiger partial charge on any atom is -0.306 e. The molecule has 5 heteroatoms. The van der Waals surface area contributed by atoms with E-state index in [2.05, 4.69) is 30.3 Å². The van der Waals surface area contributed by atoms with Gasteiger partial charge in [-0.15, -0.1) is 11.3 Å². The summed E-state index contributed by atoms with van der Waals surface area (Å²) in [5.41, 5.74) is 3.69. The number of nitrogens with one attached hydrogen (secondary N) is 1. The van der Waals surface area contributed by atoms with Gasteiger partial charge in [0, 0.05) is 29.4 Å². The van der Waals surface area contributed by atoms with E-state index < -0.39 is 0 Å². The van der Waals surface area contributed by atoms with Crippen molar-refractivity contribution in [2.24, 2.45) is 0 Å². The largest absolute Gasteiger partial charge is 0.306 e. The SMILES string of the molecule is CCc1nn(CC)c(CNCc2cc3c(s2)CCC3)c1Cl. The van der Waals surface area contributed by atoms with Crippen molar-refractivity contribution in [3.8, 4) is 0 Å². The third-order valence-corrected chi connectivity index (χ3v) is 5.76. The molecule has 3 nitrogen and oxygen atoms in total. The van der Waals surface area contributed by atoms with E-state index >= 15 is 0 Å². The summed E-state index contributed by atoms with van der Waals surface area (Å²) in [6, 6.07) is 2.37. The van der Waals surface area contributed by atoms with E-state index in [1.807, 2.05) is 16.0 Å². The molecule has 0 saturated heterocycles. The molecule has 2 aromatic heterocycles. The Kier molecular flexibility index (Phi) is 4.67. The van der Waals surface area contributed by atoms with Crippen molar-refractivity contribution in [3.05, 3.63) is 37.8 Å². The molecule has 3 rings (SSSR count). The van der Waals surface area contributed by atoms with Gasteiger partial charge in [0.2, 0.25) is 0 Å². The fourth-order valence-corrected chi connectivity index (χ4v) is 4.53. The van der Waals surface area contributed by atoms with Crippen LogP contribution in [0.25, 0.3) is 0 Å². The maximum Gasteiger partial charge on any atom is 0.0863 e. The van der Waals surface area contributed by atoms with Crippen molar-refractivity contribution in [1.82, 2.24) is 15.1 Å². The van der Waals surface area contributed by atoms with Crippen LogP contribution in [0.1, 0.15) is 47.0 Å². The Hall–Kier alpha value is -0.840. The maximum atomic E-state index is 6.43. The second-order valence-electron chi connectivity index (χ2n) is 5.49. The Labute approximate surface area is 135 Å². The molecular weight excluding hydrogens is 302 g/mol. The second kappa shape index (κ2) is 6.51. The van der Waals surface area contributed by atoms with Crippen LogP contribution in [0.3, 0.4) is 0 Å². The molecular formula is C16H22ClN3S. The van der Waals surface area contributed by atoms with E-state index in [1.165, 1.54) is 24.1 Å². The average molecular weight is 324 g/mol. The van der Waals surface area contributed by atoms with E-state index in [1.54, 1.807) is 10.4 Å². The number of rotatable bonds is 6. The molecule has 1 aliphatic rings. The summed E-state index contributed by atoms with van der Waals surface area (Å²) in [4.78, 5) is 3.03. The zero-order valence-corrected chi connectivity index (χ0v) is 14.3. The van der Waals surface area contributed by atoms with Gasteiger partial charge in [-0.3, -0.25) is 4.68 Å². The van der Waals surface area contributed by atoms with Crippen molar-refractivity contribution >= 4 is 22.9 Å². The monoisotopic (exact) mass is 323 g/mol. The van der Waals surface area contributed by atoms with Crippen LogP contribution in [0, 0.1) is 0 Å². The summed E-state index contributed by atoms with van der Waals surface area (Å²) in [5, 5.41) is 8.92. The van der Waals surface area contributed by atoms with Crippen LogP contribution < -0.4 is 5.32 Å². The van der Waals surface area contributed by atoms with Gasteiger partial charge in [-0.05, 0) is 44.2 Å². The first-order chi connectivity index (χ1) is 10.2. The number of halogens is 1. The number of aryl methyl sites for hydroxylation is 4. The minimum atomic E-state index is 0.780. The third kappa shape index (κ3) is 3.03. The van der Waals surface area contributed by atoms with Crippen molar-refractivity contribution in [2.45, 2.75) is 59.2 Å². The van der Waals surface area contributed by atoms with E-state index in [-0.39, 0.29) is 0 Å². The summed E-state index contributed by atoms with van der Waals surface area (Å²) in [7, 11) is 0. The highest BCUT2D eigenvalue weighted by molar-refractivity contribution is 7.12. The highest BCUT2D eigenvalue weighted by Gasteiger charge is 2.16. The lowest BCUT2D eigenvalue weighted by Gasteiger charge is -2.06. The lowest BCUT2D eigenvalue weighted by Crippen LogP contribution is -2.16. The lowest BCUT2D eigenvalue weighted by molar-refractivity contribution is 0.579. The summed E-state index contributed by atoms with van der Waals surface area (Å²) >= 11 is 8.39. The highest BCUT2D eigenvalue weighted by atomic mass is 35.5. The molecule has 114 valence electrons. The first kappa shape index (κ1) is 15.1. The summed E-state index contributed by atoms with van der Waals surface area (Å²) in [6.45, 7) is 6.77. The summed E-state index contributed by atoms with van der Waals surface area (Å²) < 4.78 is 2.02. The average Bonchev–Trinajstić information content (AvgIpc) is 3.13. The fraction of sp³-hybridized carbons (Fsp3) is 0.562. The Morgan fingerprint density at radius 3 is 2.90 bits per heavy atom. The summed E-state index contributed by atoms with van der Waals surface area (Å²) in [5.74, 6) is 0. The standard InChI is InChI=1S/C16H22ClN3S/c1-3-13-16(17)14(20(4-2)19-13)10-18-9-12-8-11-6-5-7-15(11)21-12/h8,18H,3-7,9-10H2,1-2H3. The van der Waals surface area contributed by atoms with Gasteiger partial charge >= 0.3 is 0 Å². The minimum absolute atomic E-state index is 0.780. The first-order valence-corrected chi connectivity index (χ1v) is 8.97. The quantitative estimate of drug-likeness (QED) is 0.872. The Morgan fingerprint density at radius 1 is 1.33 bits per heavy atom. The molecule has 0 amide bonds. The molecule has 0 fully saturated rings. The Morgan fingerprint density at radius 2 is 2.19 bits per heavy atom. The highest BCUT2D eigenvalue weighted by Crippen LogP contribution is 2.30. The molecule has 0 spiro atoms. The van der Waals surface area contributed by atoms with Crippen LogP contribution >= 0.6 is 22.9 Å². The van der Waals surface area contributed by atoms with Crippen LogP contribution in [0.2, 0.25) is 5.02 Å². The topological polar surface area (TPSA) is 29.9 Å². The molecule has 1 N–H and O–H groups in total. The predicted molar refractivity (Wildman–Crippen MR) is 89.2 cm³/mol. The summed E-state index contributed by atoms with van der Waals surface area (Å²) in [6.07, 6.45) is 4.75. The van der Waals surface area contributed by atoms with Crippen LogP contribution in [-0.4, -0.2) is 9.78 Å². The Balaban J connectivity index is 1.63. The van der Waals surface area contributed by atoms with Crippen LogP contribution in [0.5, 0.6) is 0 Å². The number of thiophene rings is 1. The van der Waals surface area contributed by atoms with Gasteiger partial charge in [0.05, 0.1) is 16.4 Å². The normalized spacial score (nSPS) is 13.9. The molecule has 0 unspecified atom stereocenters. The van der Waals surface area contributed by atoms with Crippen LogP contribution in [0.4, 0.5) is 0 Å². The molecule has 0 radical (unpaired) electrons. The van der Waals surface area contributed by atoms with Gasteiger partial charge in [0.25, 0.3) is 0 Å². The number of aromatic nitrogens is 2. The molecule has 1 aliphatic carbocycles. The van der Waals surface area contributed by atoms with E-state index in [4.69, 9.17) is 11.6 Å². The van der Waals surface area contributed by atoms with E-state index in [9.17, 15) is 0 Å². The smallest absolute Gasteiger partial charge is 0.0863 e. The zero-order chi connectivity index (χ0) is 14.8. The van der Waals surface area contributed by atoms with Gasteiger partial charge in [0.1, 0.15) is 0 Å². The fourth-order valence-electron chi connectivity index (χ4n) is 2.97. The van der Waals surface area contributed by atoms with E-state index in [0.717, 1.165) is 42.5 Å².